The fraction of sp³-hybridized carbons (Fsp3) is 0.769. The van der Waals surface area contributed by atoms with Gasteiger partial charge in [-0.25, -0.2) is 13.4 Å². The molecule has 4 aliphatic rings. The summed E-state index contributed by atoms with van der Waals surface area (Å²) < 4.78 is 37.8. The van der Waals surface area contributed by atoms with Crippen LogP contribution >= 0.6 is 0 Å². The van der Waals surface area contributed by atoms with Gasteiger partial charge in [0.1, 0.15) is 5.78 Å². The number of aromatic nitrogens is 1. The Hall–Kier alpha value is -1.31. The molecule has 0 radical (unpaired) electrons. The van der Waals surface area contributed by atoms with Crippen molar-refractivity contribution < 1.29 is 26.9 Å². The van der Waals surface area contributed by atoms with Gasteiger partial charge in [0.2, 0.25) is 10.4 Å². The Labute approximate surface area is 198 Å². The van der Waals surface area contributed by atoms with Gasteiger partial charge >= 0.3 is 0 Å². The van der Waals surface area contributed by atoms with E-state index in [2.05, 4.69) is 18.8 Å². The Kier molecular flexibility index (Phi) is 7.05. The van der Waals surface area contributed by atoms with Crippen LogP contribution < -0.4 is 4.98 Å². The predicted octanol–water partition coefficient (Wildman–Crippen LogP) is 4.58. The number of hydrogen-bond acceptors (Lipinski definition) is 5. The second-order valence-electron chi connectivity index (χ2n) is 11.4. The molecular formula is C26H39NO5S. The van der Waals surface area contributed by atoms with Gasteiger partial charge in [-0.2, -0.15) is 0 Å². The summed E-state index contributed by atoms with van der Waals surface area (Å²) in [6, 6.07) is 5.86. The Bertz CT molecular complexity index is 911. The van der Waals surface area contributed by atoms with Gasteiger partial charge in [0.05, 0.1) is 6.10 Å². The van der Waals surface area contributed by atoms with Crippen LogP contribution in [-0.4, -0.2) is 24.9 Å². The maximum absolute atomic E-state index is 12.2. The Morgan fingerprint density at radius 3 is 2.18 bits per heavy atom. The van der Waals surface area contributed by atoms with Crippen molar-refractivity contribution in [1.82, 2.24) is 0 Å². The van der Waals surface area contributed by atoms with Gasteiger partial charge in [0.15, 0.2) is 12.4 Å². The van der Waals surface area contributed by atoms with E-state index in [-0.39, 0.29) is 16.7 Å². The van der Waals surface area contributed by atoms with Crippen LogP contribution in [0.3, 0.4) is 0 Å². The number of carbonyl (C=O) groups is 1. The average Bonchev–Trinajstić information content (AvgIpc) is 3.12. The van der Waals surface area contributed by atoms with E-state index in [0.29, 0.717) is 42.3 Å². The van der Waals surface area contributed by atoms with E-state index >= 15 is 0 Å². The molecule has 0 aliphatic heterocycles. The molecule has 4 saturated carbocycles. The first-order chi connectivity index (χ1) is 15.5. The van der Waals surface area contributed by atoms with Gasteiger partial charge in [0.25, 0.3) is 0 Å². The van der Waals surface area contributed by atoms with Gasteiger partial charge in [-0.1, -0.05) is 19.9 Å². The van der Waals surface area contributed by atoms with E-state index in [0.717, 1.165) is 25.7 Å². The molecule has 7 heteroatoms. The molecule has 1 heterocycles. The molecule has 1 aromatic rings. The van der Waals surface area contributed by atoms with Crippen LogP contribution in [0.5, 0.6) is 0 Å². The third kappa shape index (κ3) is 4.92. The molecule has 184 valence electrons. The molecule has 3 unspecified atom stereocenters. The van der Waals surface area contributed by atoms with Crippen LogP contribution in [0.15, 0.2) is 30.6 Å². The van der Waals surface area contributed by atoms with Crippen molar-refractivity contribution in [2.45, 2.75) is 84.7 Å². The average molecular weight is 478 g/mol. The van der Waals surface area contributed by atoms with E-state index in [1.54, 1.807) is 6.92 Å². The summed E-state index contributed by atoms with van der Waals surface area (Å²) in [6.45, 7) is 6.54. The summed E-state index contributed by atoms with van der Waals surface area (Å²) in [7, 11) is -4.62. The monoisotopic (exact) mass is 477 g/mol. The van der Waals surface area contributed by atoms with Crippen molar-refractivity contribution in [1.29, 1.82) is 0 Å². The number of nitrogens with one attached hydrogen (secondary N) is 1. The van der Waals surface area contributed by atoms with Crippen molar-refractivity contribution in [2.75, 3.05) is 0 Å². The topological polar surface area (TPSA) is 97.6 Å². The molecule has 8 atom stereocenters. The number of carbonyl (C=O) groups excluding carboxylic acids is 1. The molecule has 0 bridgehead atoms. The highest BCUT2D eigenvalue weighted by molar-refractivity contribution is 7.80. The van der Waals surface area contributed by atoms with Crippen LogP contribution in [-0.2, 0) is 19.4 Å². The SMILES string of the molecule is CC(=O)[C@H]1CCC2C3CC[C@H]4C[C@H](OS(=O)(=O)[O-])CC[C@]4(C)C3CC[C@@]21C.c1cc[nH+]cc1. The standard InChI is InChI=1S/C21H34O5S.C5H5N/c1-13(22)17-6-7-18-16-5-4-14-12-15(26-27(23,24)25)8-10-20(14,2)19(16)9-11-21(17,18)3;1-2-4-6-5-3-1/h14-19H,4-12H2,1-3H3,(H,23,24,25);1-5H/t14-,15+,16?,17+,18?,19?,20-,21+;/m0./s1. The molecule has 4 aliphatic carbocycles. The first-order valence-corrected chi connectivity index (χ1v) is 13.9. The quantitative estimate of drug-likeness (QED) is 0.469. The highest BCUT2D eigenvalue weighted by Crippen LogP contribution is 2.67. The summed E-state index contributed by atoms with van der Waals surface area (Å²) in [5, 5.41) is 0. The summed E-state index contributed by atoms with van der Waals surface area (Å²) in [4.78, 5) is 15.1. The van der Waals surface area contributed by atoms with Crippen LogP contribution in [0.1, 0.15) is 78.6 Å². The zero-order valence-corrected chi connectivity index (χ0v) is 21.0. The predicted molar refractivity (Wildman–Crippen MR) is 123 cm³/mol. The van der Waals surface area contributed by atoms with E-state index in [1.807, 2.05) is 30.6 Å². The third-order valence-corrected chi connectivity index (χ3v) is 10.5. The maximum Gasteiger partial charge on any atom is 0.217 e. The molecule has 33 heavy (non-hydrogen) atoms. The summed E-state index contributed by atoms with van der Waals surface area (Å²) in [5.41, 5.74) is 0.387. The number of pyridine rings is 1. The lowest BCUT2D eigenvalue weighted by molar-refractivity contribution is -0.377. The second kappa shape index (κ2) is 9.38. The first-order valence-electron chi connectivity index (χ1n) is 12.6. The number of aromatic amines is 1. The largest absolute Gasteiger partial charge is 0.726 e. The van der Waals surface area contributed by atoms with E-state index in [9.17, 15) is 17.8 Å². The van der Waals surface area contributed by atoms with Crippen molar-refractivity contribution in [3.8, 4) is 0 Å². The Balaban J connectivity index is 0.000000376. The lowest BCUT2D eigenvalue weighted by Gasteiger charge is -2.61. The van der Waals surface area contributed by atoms with Gasteiger partial charge in [-0.05, 0) is 99.2 Å². The number of rotatable bonds is 3. The normalized spacial score (nSPS) is 42.2. The smallest absolute Gasteiger partial charge is 0.217 e. The molecule has 0 saturated heterocycles. The highest BCUT2D eigenvalue weighted by Gasteiger charge is 2.60. The molecule has 1 N–H and O–H groups in total. The molecule has 4 fully saturated rings. The highest BCUT2D eigenvalue weighted by atomic mass is 32.3. The summed E-state index contributed by atoms with van der Waals surface area (Å²) >= 11 is 0. The van der Waals surface area contributed by atoms with Gasteiger partial charge in [-0.3, -0.25) is 8.98 Å². The van der Waals surface area contributed by atoms with Crippen molar-refractivity contribution in [3.05, 3.63) is 30.6 Å². The van der Waals surface area contributed by atoms with E-state index < -0.39 is 16.5 Å². The number of hydrogen-bond donors (Lipinski definition) is 0. The third-order valence-electron chi connectivity index (χ3n) is 9.97. The number of ketones is 1. The summed E-state index contributed by atoms with van der Waals surface area (Å²) in [6.07, 6.45) is 12.4. The van der Waals surface area contributed by atoms with Crippen molar-refractivity contribution in [2.24, 2.45) is 40.4 Å². The molecule has 0 aromatic carbocycles. The number of fused-ring (bicyclic) bond motifs is 5. The van der Waals surface area contributed by atoms with Gasteiger partial charge < -0.3 is 4.55 Å². The van der Waals surface area contributed by atoms with Crippen LogP contribution in [0.4, 0.5) is 0 Å². The number of H-pyrrole nitrogens is 1. The van der Waals surface area contributed by atoms with Gasteiger partial charge in [-0.15, -0.1) is 0 Å². The fourth-order valence-corrected chi connectivity index (χ4v) is 8.99. The first kappa shape index (κ1) is 24.8. The van der Waals surface area contributed by atoms with Crippen molar-refractivity contribution >= 4 is 16.2 Å². The van der Waals surface area contributed by atoms with E-state index in [1.165, 1.54) is 19.3 Å². The molecule has 5 rings (SSSR count). The number of Topliss-reactive ketones (excluding diaryl/α,β-unsaturated/α-hetero) is 1. The minimum atomic E-state index is -4.62. The van der Waals surface area contributed by atoms with Crippen LogP contribution in [0.2, 0.25) is 0 Å². The molecule has 0 spiro atoms. The molecule has 6 nitrogen and oxygen atoms in total. The Morgan fingerprint density at radius 2 is 1.61 bits per heavy atom. The summed E-state index contributed by atoms with van der Waals surface area (Å²) in [5.74, 6) is 3.04. The lowest BCUT2D eigenvalue weighted by Crippen LogP contribution is -2.54. The molecular weight excluding hydrogens is 438 g/mol. The lowest BCUT2D eigenvalue weighted by atomic mass is 9.44. The van der Waals surface area contributed by atoms with Crippen LogP contribution in [0.25, 0.3) is 0 Å². The van der Waals surface area contributed by atoms with E-state index in [4.69, 9.17) is 4.18 Å². The Morgan fingerprint density at radius 1 is 0.939 bits per heavy atom. The maximum atomic E-state index is 12.2. The zero-order chi connectivity index (χ0) is 23.9. The molecule has 1 aromatic heterocycles. The van der Waals surface area contributed by atoms with Crippen LogP contribution in [0, 0.1) is 40.4 Å². The minimum absolute atomic E-state index is 0.174. The minimum Gasteiger partial charge on any atom is -0.726 e. The second-order valence-corrected chi connectivity index (χ2v) is 12.4. The van der Waals surface area contributed by atoms with Gasteiger partial charge in [0, 0.05) is 18.1 Å². The molecule has 0 amide bonds. The van der Waals surface area contributed by atoms with Crippen molar-refractivity contribution in [3.63, 3.8) is 0 Å². The fourth-order valence-electron chi connectivity index (χ4n) is 8.48. The zero-order valence-electron chi connectivity index (χ0n) is 20.2.